The third-order valence-electron chi connectivity index (χ3n) is 2.70. The molecule has 1 aromatic rings. The number of rotatable bonds is 3. The molecule has 19 heavy (non-hydrogen) atoms. The van der Waals surface area contributed by atoms with Crippen molar-refractivity contribution in [3.8, 4) is 0 Å². The summed E-state index contributed by atoms with van der Waals surface area (Å²) in [6.07, 6.45) is 2.65. The van der Waals surface area contributed by atoms with Gasteiger partial charge < -0.3 is 11.1 Å². The molecule has 1 amide bonds. The van der Waals surface area contributed by atoms with Gasteiger partial charge in [0.1, 0.15) is 0 Å². The molecular weight excluding hydrogens is 324 g/mol. The van der Waals surface area contributed by atoms with Crippen molar-refractivity contribution < 1.29 is 4.79 Å². The Bertz CT molecular complexity index is 535. The molecule has 0 saturated heterocycles. The van der Waals surface area contributed by atoms with Crippen LogP contribution in [0.1, 0.15) is 13.3 Å². The van der Waals surface area contributed by atoms with Gasteiger partial charge in [-0.3, -0.25) is 4.79 Å². The van der Waals surface area contributed by atoms with Crippen LogP contribution in [0.2, 0.25) is 0 Å². The highest BCUT2D eigenvalue weighted by molar-refractivity contribution is 9.10. The monoisotopic (exact) mass is 338 g/mol. The van der Waals surface area contributed by atoms with Crippen LogP contribution in [-0.4, -0.2) is 11.9 Å². The molecule has 2 rings (SSSR count). The lowest BCUT2D eigenvalue weighted by molar-refractivity contribution is -0.112. The normalized spacial score (nSPS) is 16.4. The summed E-state index contributed by atoms with van der Waals surface area (Å²) in [5.74, 6) is -0.0604. The summed E-state index contributed by atoms with van der Waals surface area (Å²) in [5.41, 5.74) is 7.36. The quantitative estimate of drug-likeness (QED) is 0.884. The first kappa shape index (κ1) is 14.4. The number of nitrogens with two attached hydrogens (primary N) is 1. The highest BCUT2D eigenvalue weighted by Crippen LogP contribution is 2.29. The second kappa shape index (κ2) is 6.41. The zero-order valence-corrected chi connectivity index (χ0v) is 12.9. The van der Waals surface area contributed by atoms with Gasteiger partial charge in [0.2, 0.25) is 0 Å². The first-order chi connectivity index (χ1) is 9.06. The smallest absolute Gasteiger partial charge is 0.252 e. The fraction of sp³-hybridized carbons (Fsp3) is 0.214. The molecule has 1 unspecified atom stereocenters. The van der Waals surface area contributed by atoms with Crippen LogP contribution in [0.15, 0.2) is 50.7 Å². The second-order valence-electron chi connectivity index (χ2n) is 4.32. The van der Waals surface area contributed by atoms with Crippen LogP contribution in [0.5, 0.6) is 0 Å². The minimum absolute atomic E-state index is 0.0253. The highest BCUT2D eigenvalue weighted by atomic mass is 79.9. The number of halogens is 1. The van der Waals surface area contributed by atoms with E-state index in [-0.39, 0.29) is 11.9 Å². The standard InChI is InChI=1S/C14H15BrN2OS/c1-9(16)13-7-2-10(8-19-13)14(18)17-12-5-3-11(15)4-6-12/h3-9H,2,16H2,1H3,(H,17,18). The average molecular weight is 339 g/mol. The zero-order chi connectivity index (χ0) is 13.8. The molecule has 100 valence electrons. The minimum Gasteiger partial charge on any atom is -0.324 e. The molecule has 0 spiro atoms. The van der Waals surface area contributed by atoms with Gasteiger partial charge in [-0.2, -0.15) is 0 Å². The van der Waals surface area contributed by atoms with Crippen LogP contribution in [-0.2, 0) is 4.79 Å². The van der Waals surface area contributed by atoms with Crippen molar-refractivity contribution in [1.82, 2.24) is 0 Å². The van der Waals surface area contributed by atoms with Crippen LogP contribution in [0.25, 0.3) is 0 Å². The summed E-state index contributed by atoms with van der Waals surface area (Å²) in [6, 6.07) is 7.54. The summed E-state index contributed by atoms with van der Waals surface area (Å²) in [7, 11) is 0. The van der Waals surface area contributed by atoms with Gasteiger partial charge in [-0.25, -0.2) is 0 Å². The van der Waals surface area contributed by atoms with Gasteiger partial charge in [0, 0.05) is 26.7 Å². The largest absolute Gasteiger partial charge is 0.324 e. The molecular formula is C14H15BrN2OS. The fourth-order valence-electron chi connectivity index (χ4n) is 1.63. The van der Waals surface area contributed by atoms with Crippen molar-refractivity contribution in [2.24, 2.45) is 5.73 Å². The maximum atomic E-state index is 12.1. The highest BCUT2D eigenvalue weighted by Gasteiger charge is 2.15. The minimum atomic E-state index is -0.0604. The van der Waals surface area contributed by atoms with E-state index in [9.17, 15) is 4.79 Å². The SMILES string of the molecule is CC(N)C1=CCC(C(=O)Nc2ccc(Br)cc2)=CS1. The van der Waals surface area contributed by atoms with Gasteiger partial charge >= 0.3 is 0 Å². The molecule has 0 fully saturated rings. The van der Waals surface area contributed by atoms with E-state index in [0.29, 0.717) is 6.42 Å². The van der Waals surface area contributed by atoms with Crippen LogP contribution >= 0.6 is 27.7 Å². The van der Waals surface area contributed by atoms with E-state index < -0.39 is 0 Å². The Labute approximate surface area is 125 Å². The van der Waals surface area contributed by atoms with Gasteiger partial charge in [-0.15, -0.1) is 11.8 Å². The lowest BCUT2D eigenvalue weighted by atomic mass is 10.1. The molecule has 0 bridgehead atoms. The van der Waals surface area contributed by atoms with Crippen LogP contribution < -0.4 is 11.1 Å². The molecule has 1 atom stereocenters. The number of hydrogen-bond acceptors (Lipinski definition) is 3. The Morgan fingerprint density at radius 2 is 2.11 bits per heavy atom. The summed E-state index contributed by atoms with van der Waals surface area (Å²) in [4.78, 5) is 13.2. The Morgan fingerprint density at radius 1 is 1.42 bits per heavy atom. The van der Waals surface area contributed by atoms with Crippen LogP contribution in [0.4, 0.5) is 5.69 Å². The summed E-state index contributed by atoms with van der Waals surface area (Å²) < 4.78 is 0.988. The van der Waals surface area contributed by atoms with Crippen molar-refractivity contribution in [1.29, 1.82) is 0 Å². The van der Waals surface area contributed by atoms with E-state index in [2.05, 4.69) is 21.2 Å². The number of nitrogens with one attached hydrogen (secondary N) is 1. The Balaban J connectivity index is 1.97. The predicted molar refractivity (Wildman–Crippen MR) is 84.8 cm³/mol. The molecule has 3 N–H and O–H groups in total. The van der Waals surface area contributed by atoms with Crippen molar-refractivity contribution in [2.45, 2.75) is 19.4 Å². The van der Waals surface area contributed by atoms with E-state index >= 15 is 0 Å². The van der Waals surface area contributed by atoms with Crippen molar-refractivity contribution in [3.05, 3.63) is 50.7 Å². The number of anilines is 1. The van der Waals surface area contributed by atoms with Gasteiger partial charge in [0.05, 0.1) is 0 Å². The third-order valence-corrected chi connectivity index (χ3v) is 4.44. The van der Waals surface area contributed by atoms with Gasteiger partial charge in [0.25, 0.3) is 5.91 Å². The van der Waals surface area contributed by atoms with Gasteiger partial charge in [-0.05, 0) is 43.0 Å². The number of benzene rings is 1. The van der Waals surface area contributed by atoms with Crippen LogP contribution in [0.3, 0.4) is 0 Å². The summed E-state index contributed by atoms with van der Waals surface area (Å²) >= 11 is 4.89. The first-order valence-electron chi connectivity index (χ1n) is 5.94. The van der Waals surface area contributed by atoms with Gasteiger partial charge in [0.15, 0.2) is 0 Å². The summed E-state index contributed by atoms with van der Waals surface area (Å²) in [5, 5.41) is 4.76. The third kappa shape index (κ3) is 3.96. The van der Waals surface area contributed by atoms with E-state index in [1.807, 2.05) is 42.7 Å². The number of carbonyl (C=O) groups excluding carboxylic acids is 1. The Kier molecular flexibility index (Phi) is 4.85. The van der Waals surface area contributed by atoms with Crippen molar-refractivity contribution in [2.75, 3.05) is 5.32 Å². The average Bonchev–Trinajstić information content (AvgIpc) is 2.41. The second-order valence-corrected chi connectivity index (χ2v) is 6.18. The molecule has 0 radical (unpaired) electrons. The molecule has 1 aliphatic rings. The zero-order valence-electron chi connectivity index (χ0n) is 10.5. The summed E-state index contributed by atoms with van der Waals surface area (Å²) in [6.45, 7) is 1.94. The van der Waals surface area contributed by atoms with E-state index in [1.165, 1.54) is 11.8 Å². The maximum absolute atomic E-state index is 12.1. The van der Waals surface area contributed by atoms with E-state index in [1.54, 1.807) is 0 Å². The van der Waals surface area contributed by atoms with Crippen LogP contribution in [0, 0.1) is 0 Å². The maximum Gasteiger partial charge on any atom is 0.252 e. The number of thioether (sulfide) groups is 1. The molecule has 3 nitrogen and oxygen atoms in total. The van der Waals surface area contributed by atoms with E-state index in [4.69, 9.17) is 5.73 Å². The topological polar surface area (TPSA) is 55.1 Å². The lowest BCUT2D eigenvalue weighted by Gasteiger charge is -2.15. The number of amides is 1. The lowest BCUT2D eigenvalue weighted by Crippen LogP contribution is -2.19. The molecule has 0 aliphatic carbocycles. The fourth-order valence-corrected chi connectivity index (χ4v) is 2.77. The first-order valence-corrected chi connectivity index (χ1v) is 7.62. The number of carbonyl (C=O) groups is 1. The number of hydrogen-bond donors (Lipinski definition) is 2. The van der Waals surface area contributed by atoms with Crippen molar-refractivity contribution >= 4 is 39.3 Å². The molecule has 0 aromatic heterocycles. The Morgan fingerprint density at radius 3 is 2.63 bits per heavy atom. The molecule has 1 aromatic carbocycles. The Hall–Kier alpha value is -1.04. The number of allylic oxidation sites excluding steroid dienone is 1. The predicted octanol–water partition coefficient (Wildman–Crippen LogP) is 3.64. The van der Waals surface area contributed by atoms with Gasteiger partial charge in [-0.1, -0.05) is 22.0 Å². The molecule has 1 aliphatic heterocycles. The molecule has 5 heteroatoms. The van der Waals surface area contributed by atoms with Crippen molar-refractivity contribution in [3.63, 3.8) is 0 Å². The molecule has 1 heterocycles. The molecule has 0 saturated carbocycles. The van der Waals surface area contributed by atoms with E-state index in [0.717, 1.165) is 20.6 Å².